The van der Waals surface area contributed by atoms with Crippen molar-refractivity contribution >= 4 is 6.09 Å². The first-order valence-corrected chi connectivity index (χ1v) is 7.68. The topological polar surface area (TPSA) is 58.8 Å². The van der Waals surface area contributed by atoms with Crippen molar-refractivity contribution in [2.75, 3.05) is 26.2 Å². The Morgan fingerprint density at radius 1 is 1.45 bits per heavy atom. The van der Waals surface area contributed by atoms with Gasteiger partial charge >= 0.3 is 6.09 Å². The van der Waals surface area contributed by atoms with Crippen LogP contribution >= 0.6 is 0 Å². The number of amides is 1. The summed E-state index contributed by atoms with van der Waals surface area (Å²) in [6.07, 6.45) is 2.10. The van der Waals surface area contributed by atoms with Crippen LogP contribution in [-0.2, 0) is 4.74 Å². The molecule has 1 aliphatic rings. The van der Waals surface area contributed by atoms with Crippen molar-refractivity contribution in [1.29, 1.82) is 0 Å². The summed E-state index contributed by atoms with van der Waals surface area (Å²) in [6.45, 7) is 13.2. The van der Waals surface area contributed by atoms with Gasteiger partial charge in [0.1, 0.15) is 5.60 Å². The first-order valence-electron chi connectivity index (χ1n) is 7.68. The van der Waals surface area contributed by atoms with E-state index in [9.17, 15) is 4.79 Å². The van der Waals surface area contributed by atoms with Crippen LogP contribution < -0.4 is 5.73 Å². The third-order valence-corrected chi connectivity index (χ3v) is 3.57. The van der Waals surface area contributed by atoms with Crippen molar-refractivity contribution in [3.8, 4) is 0 Å². The van der Waals surface area contributed by atoms with E-state index in [2.05, 4.69) is 4.90 Å². The lowest BCUT2D eigenvalue weighted by Gasteiger charge is -2.34. The molecule has 1 amide bonds. The highest BCUT2D eigenvalue weighted by Crippen LogP contribution is 2.20. The molecule has 0 radical (unpaired) electrons. The number of rotatable bonds is 5. The molecule has 20 heavy (non-hydrogen) atoms. The molecule has 118 valence electrons. The minimum atomic E-state index is -0.448. The van der Waals surface area contributed by atoms with Crippen LogP contribution in [-0.4, -0.2) is 59.8 Å². The zero-order valence-electron chi connectivity index (χ0n) is 13.7. The molecule has 0 aromatic carbocycles. The van der Waals surface area contributed by atoms with Gasteiger partial charge in [-0.15, -0.1) is 0 Å². The number of hydrogen-bond acceptors (Lipinski definition) is 4. The zero-order valence-corrected chi connectivity index (χ0v) is 13.7. The van der Waals surface area contributed by atoms with Gasteiger partial charge < -0.3 is 15.4 Å². The first-order chi connectivity index (χ1) is 9.24. The molecule has 5 nitrogen and oxygen atoms in total. The van der Waals surface area contributed by atoms with Crippen molar-refractivity contribution < 1.29 is 9.53 Å². The molecule has 5 heteroatoms. The fraction of sp³-hybridized carbons (Fsp3) is 0.933. The number of carbonyl (C=O) groups excluding carboxylic acids is 1. The smallest absolute Gasteiger partial charge is 0.410 e. The van der Waals surface area contributed by atoms with Crippen LogP contribution in [0.1, 0.15) is 47.5 Å². The van der Waals surface area contributed by atoms with Gasteiger partial charge in [0.25, 0.3) is 0 Å². The van der Waals surface area contributed by atoms with E-state index in [4.69, 9.17) is 10.5 Å². The first kappa shape index (κ1) is 17.2. The molecule has 1 fully saturated rings. The van der Waals surface area contributed by atoms with Gasteiger partial charge in [-0.25, -0.2) is 4.79 Å². The minimum Gasteiger partial charge on any atom is -0.444 e. The summed E-state index contributed by atoms with van der Waals surface area (Å²) < 4.78 is 5.51. The summed E-state index contributed by atoms with van der Waals surface area (Å²) in [7, 11) is 0. The highest BCUT2D eigenvalue weighted by molar-refractivity contribution is 5.68. The van der Waals surface area contributed by atoms with Crippen molar-refractivity contribution in [1.82, 2.24) is 9.80 Å². The average molecular weight is 285 g/mol. The second-order valence-corrected chi connectivity index (χ2v) is 6.85. The van der Waals surface area contributed by atoms with Gasteiger partial charge in [-0.05, 0) is 54.0 Å². The third kappa shape index (κ3) is 5.29. The monoisotopic (exact) mass is 285 g/mol. The van der Waals surface area contributed by atoms with Gasteiger partial charge in [0.05, 0.1) is 0 Å². The van der Waals surface area contributed by atoms with Gasteiger partial charge in [0.15, 0.2) is 0 Å². The SMILES string of the molecule is CC(C)N(C[C@H]1CCCN1CCN)C(=O)OC(C)(C)C. The fourth-order valence-corrected chi connectivity index (χ4v) is 2.61. The van der Waals surface area contributed by atoms with Crippen molar-refractivity contribution in [2.24, 2.45) is 5.73 Å². The molecule has 1 saturated heterocycles. The van der Waals surface area contributed by atoms with Gasteiger partial charge in [-0.1, -0.05) is 0 Å². The third-order valence-electron chi connectivity index (χ3n) is 3.57. The summed E-state index contributed by atoms with van der Waals surface area (Å²) in [5, 5.41) is 0. The second kappa shape index (κ2) is 7.27. The van der Waals surface area contributed by atoms with E-state index in [0.29, 0.717) is 12.6 Å². The lowest BCUT2D eigenvalue weighted by molar-refractivity contribution is 0.0140. The second-order valence-electron chi connectivity index (χ2n) is 6.85. The van der Waals surface area contributed by atoms with E-state index >= 15 is 0 Å². The number of hydrogen-bond donors (Lipinski definition) is 1. The van der Waals surface area contributed by atoms with Crippen molar-refractivity contribution in [3.63, 3.8) is 0 Å². The predicted molar refractivity (Wildman–Crippen MR) is 81.7 cm³/mol. The van der Waals surface area contributed by atoms with Crippen molar-refractivity contribution in [2.45, 2.75) is 65.1 Å². The molecule has 0 aliphatic carbocycles. The minimum absolute atomic E-state index is 0.144. The Morgan fingerprint density at radius 2 is 2.10 bits per heavy atom. The van der Waals surface area contributed by atoms with Crippen LogP contribution in [0.5, 0.6) is 0 Å². The normalized spacial score (nSPS) is 20.4. The molecule has 0 aromatic heterocycles. The van der Waals surface area contributed by atoms with Gasteiger partial charge in [0, 0.05) is 31.7 Å². The molecule has 0 saturated carbocycles. The molecule has 1 heterocycles. The molecule has 0 unspecified atom stereocenters. The Hall–Kier alpha value is -0.810. The lowest BCUT2D eigenvalue weighted by Crippen LogP contribution is -2.48. The van der Waals surface area contributed by atoms with Gasteiger partial charge in [-0.2, -0.15) is 0 Å². The molecule has 0 aromatic rings. The van der Waals surface area contributed by atoms with Gasteiger partial charge in [-0.3, -0.25) is 4.90 Å². The quantitative estimate of drug-likeness (QED) is 0.840. The molecule has 1 aliphatic heterocycles. The van der Waals surface area contributed by atoms with E-state index in [1.165, 1.54) is 6.42 Å². The number of nitrogens with two attached hydrogens (primary N) is 1. The number of ether oxygens (including phenoxy) is 1. The maximum absolute atomic E-state index is 12.3. The molecule has 2 N–H and O–H groups in total. The molecule has 0 bridgehead atoms. The Kier molecular flexibility index (Phi) is 6.27. The number of likely N-dealkylation sites (tertiary alicyclic amines) is 1. The van der Waals surface area contributed by atoms with Crippen LogP contribution in [0.15, 0.2) is 0 Å². The van der Waals surface area contributed by atoms with E-state index in [-0.39, 0.29) is 12.1 Å². The maximum atomic E-state index is 12.3. The van der Waals surface area contributed by atoms with Crippen molar-refractivity contribution in [3.05, 3.63) is 0 Å². The molecular weight excluding hydrogens is 254 g/mol. The Bertz CT molecular complexity index is 313. The highest BCUT2D eigenvalue weighted by Gasteiger charge is 2.31. The van der Waals surface area contributed by atoms with Crippen LogP contribution in [0.4, 0.5) is 4.79 Å². The van der Waals surface area contributed by atoms with E-state index in [1.807, 2.05) is 39.5 Å². The summed E-state index contributed by atoms with van der Waals surface area (Å²) in [5.74, 6) is 0. The predicted octanol–water partition coefficient (Wildman–Crippen LogP) is 2.05. The van der Waals surface area contributed by atoms with Crippen LogP contribution in [0.25, 0.3) is 0 Å². The van der Waals surface area contributed by atoms with Crippen LogP contribution in [0.3, 0.4) is 0 Å². The Balaban J connectivity index is 2.65. The highest BCUT2D eigenvalue weighted by atomic mass is 16.6. The standard InChI is InChI=1S/C15H31N3O2/c1-12(2)18(14(19)20-15(3,4)5)11-13-7-6-9-17(13)10-8-16/h12-13H,6-11,16H2,1-5H3/t13-/m1/s1. The van der Waals surface area contributed by atoms with Crippen LogP contribution in [0, 0.1) is 0 Å². The summed E-state index contributed by atoms with van der Waals surface area (Å²) in [4.78, 5) is 16.5. The Morgan fingerprint density at radius 3 is 2.60 bits per heavy atom. The number of carbonyl (C=O) groups is 1. The van der Waals surface area contributed by atoms with E-state index in [0.717, 1.165) is 26.1 Å². The largest absolute Gasteiger partial charge is 0.444 e. The van der Waals surface area contributed by atoms with Crippen LogP contribution in [0.2, 0.25) is 0 Å². The fourth-order valence-electron chi connectivity index (χ4n) is 2.61. The molecule has 1 rings (SSSR count). The van der Waals surface area contributed by atoms with Gasteiger partial charge in [0.2, 0.25) is 0 Å². The summed E-state index contributed by atoms with van der Waals surface area (Å²) in [5.41, 5.74) is 5.21. The molecular formula is C15H31N3O2. The number of nitrogens with zero attached hydrogens (tertiary/aromatic N) is 2. The lowest BCUT2D eigenvalue weighted by atomic mass is 10.2. The zero-order chi connectivity index (χ0) is 15.3. The maximum Gasteiger partial charge on any atom is 0.410 e. The van der Waals surface area contributed by atoms with E-state index < -0.39 is 5.60 Å². The molecule has 1 atom stereocenters. The Labute approximate surface area is 123 Å². The summed E-state index contributed by atoms with van der Waals surface area (Å²) >= 11 is 0. The average Bonchev–Trinajstić information content (AvgIpc) is 2.71. The van der Waals surface area contributed by atoms with E-state index in [1.54, 1.807) is 0 Å². The summed E-state index contributed by atoms with van der Waals surface area (Å²) in [6, 6.07) is 0.554. The molecule has 0 spiro atoms.